The van der Waals surface area contributed by atoms with Gasteiger partial charge in [-0.05, 0) is 46.5 Å². The van der Waals surface area contributed by atoms with Gasteiger partial charge >= 0.3 is 6.03 Å². The van der Waals surface area contributed by atoms with Crippen LogP contribution in [0.4, 0.5) is 10.5 Å². The Hall–Kier alpha value is -4.17. The molecular formula is C25H21N3O5. The van der Waals surface area contributed by atoms with E-state index in [9.17, 15) is 14.4 Å². The number of anilines is 1. The summed E-state index contributed by atoms with van der Waals surface area (Å²) in [5, 5.41) is 8.59. The first-order chi connectivity index (χ1) is 16.0. The highest BCUT2D eigenvalue weighted by Gasteiger charge is 2.47. The molecule has 0 saturated carbocycles. The van der Waals surface area contributed by atoms with Crippen LogP contribution in [-0.2, 0) is 22.6 Å². The maximum atomic E-state index is 13.2. The number of benzene rings is 3. The van der Waals surface area contributed by atoms with Gasteiger partial charge in [0.15, 0.2) is 6.61 Å². The second-order valence-electron chi connectivity index (χ2n) is 7.97. The van der Waals surface area contributed by atoms with Crippen LogP contribution in [0.2, 0.25) is 0 Å². The number of rotatable bonds is 5. The minimum Gasteiger partial charge on any atom is -0.484 e. The van der Waals surface area contributed by atoms with Crippen LogP contribution in [0.3, 0.4) is 0 Å². The van der Waals surface area contributed by atoms with Gasteiger partial charge in [0.05, 0.1) is 5.69 Å². The lowest BCUT2D eigenvalue weighted by molar-refractivity contribution is -0.131. The van der Waals surface area contributed by atoms with Crippen LogP contribution in [0.5, 0.6) is 5.75 Å². The molecule has 1 saturated heterocycles. The highest BCUT2D eigenvalue weighted by molar-refractivity contribution is 6.21. The number of nitrogens with zero attached hydrogens (tertiary/aromatic N) is 2. The van der Waals surface area contributed by atoms with Crippen molar-refractivity contribution in [3.63, 3.8) is 0 Å². The van der Waals surface area contributed by atoms with E-state index in [1.165, 1.54) is 10.4 Å². The summed E-state index contributed by atoms with van der Waals surface area (Å²) in [5.74, 6) is -0.456. The number of fused-ring (bicyclic) bond motifs is 2. The second kappa shape index (κ2) is 8.40. The number of ether oxygens (including phenoxy) is 1. The number of amides is 4. The van der Waals surface area contributed by atoms with E-state index in [-0.39, 0.29) is 25.1 Å². The Bertz CT molecular complexity index is 1230. The van der Waals surface area contributed by atoms with Crippen LogP contribution in [-0.4, -0.2) is 40.6 Å². The Kier molecular flexibility index (Phi) is 5.27. The van der Waals surface area contributed by atoms with Crippen molar-refractivity contribution in [2.24, 2.45) is 0 Å². The molecule has 1 fully saturated rings. The smallest absolute Gasteiger partial charge is 0.332 e. The predicted molar refractivity (Wildman–Crippen MR) is 120 cm³/mol. The molecule has 0 bridgehead atoms. The normalized spacial score (nSPS) is 16.9. The van der Waals surface area contributed by atoms with Crippen molar-refractivity contribution in [1.82, 2.24) is 10.4 Å². The van der Waals surface area contributed by atoms with Gasteiger partial charge in [-0.2, -0.15) is 0 Å². The summed E-state index contributed by atoms with van der Waals surface area (Å²) in [5.41, 5.74) is 5.93. The Morgan fingerprint density at radius 3 is 2.42 bits per heavy atom. The van der Waals surface area contributed by atoms with Crippen molar-refractivity contribution in [2.45, 2.75) is 19.0 Å². The molecule has 166 valence electrons. The minimum atomic E-state index is -0.665. The van der Waals surface area contributed by atoms with E-state index in [1.807, 2.05) is 48.5 Å². The molecule has 4 amide bonds. The van der Waals surface area contributed by atoms with Crippen molar-refractivity contribution in [3.8, 4) is 16.9 Å². The third-order valence-corrected chi connectivity index (χ3v) is 5.98. The van der Waals surface area contributed by atoms with Gasteiger partial charge in [-0.15, -0.1) is 0 Å². The maximum Gasteiger partial charge on any atom is 0.332 e. The van der Waals surface area contributed by atoms with E-state index >= 15 is 0 Å². The molecule has 2 aliphatic heterocycles. The summed E-state index contributed by atoms with van der Waals surface area (Å²) in [6.45, 7) is -0.0572. The van der Waals surface area contributed by atoms with Gasteiger partial charge in [0.25, 0.3) is 11.8 Å². The average molecular weight is 443 g/mol. The lowest BCUT2D eigenvalue weighted by atomic mass is 9.94. The van der Waals surface area contributed by atoms with Gasteiger partial charge in [0.2, 0.25) is 0 Å². The van der Waals surface area contributed by atoms with Gasteiger partial charge < -0.3 is 9.64 Å². The molecule has 0 aromatic heterocycles. The van der Waals surface area contributed by atoms with Crippen molar-refractivity contribution in [1.29, 1.82) is 0 Å². The van der Waals surface area contributed by atoms with E-state index < -0.39 is 11.9 Å². The zero-order valence-corrected chi connectivity index (χ0v) is 17.6. The summed E-state index contributed by atoms with van der Waals surface area (Å²) in [6.07, 6.45) is 0.413. The summed E-state index contributed by atoms with van der Waals surface area (Å²) < 4.78 is 5.37. The molecule has 2 N–H and O–H groups in total. The number of carbonyl (C=O) groups excluding carboxylic acids is 3. The Balaban J connectivity index is 1.35. The molecule has 0 radical (unpaired) electrons. The second-order valence-corrected chi connectivity index (χ2v) is 7.97. The molecule has 3 aromatic carbocycles. The average Bonchev–Trinajstić information content (AvgIpc) is 3.10. The fourth-order valence-electron chi connectivity index (χ4n) is 4.30. The maximum absolute atomic E-state index is 13.2. The van der Waals surface area contributed by atoms with Gasteiger partial charge in [-0.25, -0.2) is 15.2 Å². The fourth-order valence-corrected chi connectivity index (χ4v) is 4.30. The van der Waals surface area contributed by atoms with Crippen LogP contribution >= 0.6 is 0 Å². The zero-order chi connectivity index (χ0) is 22.9. The van der Waals surface area contributed by atoms with Crippen LogP contribution in [0.15, 0.2) is 72.8 Å². The summed E-state index contributed by atoms with van der Waals surface area (Å²) in [4.78, 5) is 40.3. The first kappa shape index (κ1) is 20.7. The molecule has 5 rings (SSSR count). The van der Waals surface area contributed by atoms with E-state index in [0.717, 1.165) is 22.3 Å². The number of imide groups is 1. The van der Waals surface area contributed by atoms with Crippen LogP contribution in [0.1, 0.15) is 11.1 Å². The monoisotopic (exact) mass is 443 g/mol. The highest BCUT2D eigenvalue weighted by atomic mass is 16.5. The summed E-state index contributed by atoms with van der Waals surface area (Å²) in [7, 11) is 0. The molecule has 2 aliphatic rings. The number of hydrogen-bond acceptors (Lipinski definition) is 5. The lowest BCUT2D eigenvalue weighted by Gasteiger charge is -2.29. The highest BCUT2D eigenvalue weighted by Crippen LogP contribution is 2.35. The quantitative estimate of drug-likeness (QED) is 0.359. The zero-order valence-electron chi connectivity index (χ0n) is 17.6. The fraction of sp³-hybridized carbons (Fsp3) is 0.160. The molecule has 3 aromatic rings. The standard InChI is InChI=1S/C25H21N3O5/c29-23(26-32)15-33-21-11-8-18-13-22-24(30)28(25(31)27(22)14-19(18)12-21)20-9-6-17(7-10-20)16-4-2-1-3-5-16/h1-12,22,32H,13-15H2,(H,26,29)/t22-/m0/s1. The van der Waals surface area contributed by atoms with E-state index in [4.69, 9.17) is 9.94 Å². The van der Waals surface area contributed by atoms with Gasteiger partial charge in [0, 0.05) is 13.0 Å². The third-order valence-electron chi connectivity index (χ3n) is 5.98. The van der Waals surface area contributed by atoms with Crippen LogP contribution in [0, 0.1) is 0 Å². The summed E-state index contributed by atoms with van der Waals surface area (Å²) >= 11 is 0. The lowest BCUT2D eigenvalue weighted by Crippen LogP contribution is -2.40. The SMILES string of the molecule is O=C(COc1ccc2c(c1)CN1C(=O)N(c3ccc(-c4ccccc4)cc3)C(=O)[C@@H]1C2)NO. The number of carbonyl (C=O) groups is 3. The molecule has 0 unspecified atom stereocenters. The van der Waals surface area contributed by atoms with Gasteiger partial charge in [-0.1, -0.05) is 48.5 Å². The molecule has 0 spiro atoms. The molecule has 0 aliphatic carbocycles. The van der Waals surface area contributed by atoms with E-state index in [1.54, 1.807) is 29.2 Å². The number of hydroxylamine groups is 1. The Morgan fingerprint density at radius 2 is 1.70 bits per heavy atom. The third kappa shape index (κ3) is 3.81. The van der Waals surface area contributed by atoms with Crippen molar-refractivity contribution >= 4 is 23.5 Å². The predicted octanol–water partition coefficient (Wildman–Crippen LogP) is 3.13. The van der Waals surface area contributed by atoms with Crippen LogP contribution in [0.25, 0.3) is 11.1 Å². The molecule has 8 heteroatoms. The van der Waals surface area contributed by atoms with Crippen molar-refractivity contribution < 1.29 is 24.3 Å². The van der Waals surface area contributed by atoms with Crippen molar-refractivity contribution in [2.75, 3.05) is 11.5 Å². The van der Waals surface area contributed by atoms with E-state index in [2.05, 4.69) is 0 Å². The summed E-state index contributed by atoms with van der Waals surface area (Å²) in [6, 6.07) is 21.7. The molecule has 33 heavy (non-hydrogen) atoms. The molecule has 8 nitrogen and oxygen atoms in total. The van der Waals surface area contributed by atoms with Crippen molar-refractivity contribution in [3.05, 3.63) is 83.9 Å². The number of nitrogens with one attached hydrogen (secondary N) is 1. The number of hydrogen-bond donors (Lipinski definition) is 2. The Morgan fingerprint density at radius 1 is 0.970 bits per heavy atom. The molecule has 2 heterocycles. The Labute approximate surface area is 190 Å². The minimum absolute atomic E-state index is 0.238. The van der Waals surface area contributed by atoms with Gasteiger partial charge in [-0.3, -0.25) is 14.8 Å². The molecular weight excluding hydrogens is 422 g/mol. The number of urea groups is 1. The van der Waals surface area contributed by atoms with E-state index in [0.29, 0.717) is 17.9 Å². The first-order valence-corrected chi connectivity index (χ1v) is 10.5. The first-order valence-electron chi connectivity index (χ1n) is 10.5. The van der Waals surface area contributed by atoms with Crippen LogP contribution < -0.4 is 15.1 Å². The topological polar surface area (TPSA) is 99.2 Å². The molecule has 1 atom stereocenters. The largest absolute Gasteiger partial charge is 0.484 e. The van der Waals surface area contributed by atoms with Gasteiger partial charge in [0.1, 0.15) is 11.8 Å².